The van der Waals surface area contributed by atoms with Gasteiger partial charge in [0.2, 0.25) is 11.8 Å². The van der Waals surface area contributed by atoms with Crippen molar-refractivity contribution in [3.8, 4) is 0 Å². The first kappa shape index (κ1) is 21.5. The highest BCUT2D eigenvalue weighted by atomic mass is 19.1. The molecule has 2 heterocycles. The predicted octanol–water partition coefficient (Wildman–Crippen LogP) is 1.67. The van der Waals surface area contributed by atoms with Crippen molar-refractivity contribution in [2.75, 3.05) is 25.0 Å². The molecule has 4 atom stereocenters. The van der Waals surface area contributed by atoms with Crippen molar-refractivity contribution in [1.29, 1.82) is 0 Å². The average Bonchev–Trinajstić information content (AvgIpc) is 3.39. The van der Waals surface area contributed by atoms with Crippen LogP contribution in [-0.4, -0.2) is 65.4 Å². The van der Waals surface area contributed by atoms with E-state index in [1.807, 2.05) is 0 Å². The molecule has 4 N–H and O–H groups in total. The molecule has 1 aliphatic carbocycles. The Hall–Kier alpha value is -2.68. The third-order valence-corrected chi connectivity index (χ3v) is 6.77. The summed E-state index contributed by atoms with van der Waals surface area (Å²) in [4.78, 5) is 41.6. The maximum Gasteiger partial charge on any atom is 0.319 e. The number of benzene rings is 1. The SMILES string of the molecule is NCC(=O)N1[C@H](C(=O)N2CCC(NC(=O)Nc3ccc(F)cc3)C2)C[C@@H]2CCCC[C@@H]21. The Balaban J connectivity index is 1.34. The lowest BCUT2D eigenvalue weighted by molar-refractivity contribution is -0.144. The van der Waals surface area contributed by atoms with Gasteiger partial charge in [-0.2, -0.15) is 0 Å². The van der Waals surface area contributed by atoms with Crippen LogP contribution in [0.1, 0.15) is 38.5 Å². The molecule has 1 saturated carbocycles. The van der Waals surface area contributed by atoms with E-state index in [0.717, 1.165) is 25.7 Å². The lowest BCUT2D eigenvalue weighted by atomic mass is 9.84. The maximum atomic E-state index is 13.3. The summed E-state index contributed by atoms with van der Waals surface area (Å²) in [7, 11) is 0. The summed E-state index contributed by atoms with van der Waals surface area (Å²) >= 11 is 0. The van der Waals surface area contributed by atoms with Gasteiger partial charge in [0, 0.05) is 30.9 Å². The van der Waals surface area contributed by atoms with Gasteiger partial charge in [0.15, 0.2) is 0 Å². The number of rotatable bonds is 4. The number of carbonyl (C=O) groups excluding carboxylic acids is 3. The van der Waals surface area contributed by atoms with Gasteiger partial charge in [0.25, 0.3) is 0 Å². The number of nitrogens with one attached hydrogen (secondary N) is 2. The van der Waals surface area contributed by atoms with Crippen LogP contribution in [-0.2, 0) is 9.59 Å². The van der Waals surface area contributed by atoms with E-state index in [2.05, 4.69) is 10.6 Å². The summed E-state index contributed by atoms with van der Waals surface area (Å²) in [5.74, 6) is -0.194. The fourth-order valence-electron chi connectivity index (χ4n) is 5.32. The Morgan fingerprint density at radius 2 is 1.84 bits per heavy atom. The number of likely N-dealkylation sites (tertiary alicyclic amines) is 2. The Morgan fingerprint density at radius 3 is 2.58 bits per heavy atom. The largest absolute Gasteiger partial charge is 0.339 e. The van der Waals surface area contributed by atoms with Crippen LogP contribution in [0, 0.1) is 11.7 Å². The van der Waals surface area contributed by atoms with Crippen LogP contribution < -0.4 is 16.4 Å². The molecule has 8 nitrogen and oxygen atoms in total. The van der Waals surface area contributed by atoms with Crippen LogP contribution in [0.2, 0.25) is 0 Å². The Bertz CT molecular complexity index is 833. The van der Waals surface area contributed by atoms with Crippen molar-refractivity contribution >= 4 is 23.5 Å². The number of amides is 4. The number of hydrogen-bond acceptors (Lipinski definition) is 4. The molecule has 9 heteroatoms. The van der Waals surface area contributed by atoms with Gasteiger partial charge in [0.05, 0.1) is 6.54 Å². The standard InChI is InChI=1S/C22H30FN5O3/c23-15-5-7-16(8-6-15)25-22(31)26-17-9-10-27(13-17)21(30)19-11-14-3-1-2-4-18(14)28(19)20(29)12-24/h5-8,14,17-19H,1-4,9-13,24H2,(H2,25,26,31)/t14-,17?,18-,19-/m0/s1. The van der Waals surface area contributed by atoms with E-state index >= 15 is 0 Å². The minimum Gasteiger partial charge on any atom is -0.339 e. The molecule has 0 spiro atoms. The highest BCUT2D eigenvalue weighted by Crippen LogP contribution is 2.40. The van der Waals surface area contributed by atoms with Crippen LogP contribution >= 0.6 is 0 Å². The molecule has 3 fully saturated rings. The van der Waals surface area contributed by atoms with Gasteiger partial charge in [-0.25, -0.2) is 9.18 Å². The third kappa shape index (κ3) is 4.66. The number of carbonyl (C=O) groups is 3. The molecule has 4 rings (SSSR count). The van der Waals surface area contributed by atoms with Crippen LogP contribution in [0.15, 0.2) is 24.3 Å². The number of urea groups is 1. The first-order valence-corrected chi connectivity index (χ1v) is 11.1. The van der Waals surface area contributed by atoms with Crippen molar-refractivity contribution in [2.45, 2.75) is 56.7 Å². The monoisotopic (exact) mass is 431 g/mol. The van der Waals surface area contributed by atoms with Gasteiger partial charge < -0.3 is 26.2 Å². The van der Waals surface area contributed by atoms with Gasteiger partial charge >= 0.3 is 6.03 Å². The molecule has 168 valence electrons. The summed E-state index contributed by atoms with van der Waals surface area (Å²) in [6.07, 6.45) is 5.56. The van der Waals surface area contributed by atoms with Crippen molar-refractivity contribution in [2.24, 2.45) is 11.7 Å². The Labute approximate surface area is 181 Å². The second-order valence-corrected chi connectivity index (χ2v) is 8.74. The summed E-state index contributed by atoms with van der Waals surface area (Å²) in [6.45, 7) is 0.865. The van der Waals surface area contributed by atoms with E-state index in [1.165, 1.54) is 24.3 Å². The predicted molar refractivity (Wildman–Crippen MR) is 114 cm³/mol. The van der Waals surface area contributed by atoms with Gasteiger partial charge in [-0.05, 0) is 55.9 Å². The zero-order valence-electron chi connectivity index (χ0n) is 17.6. The lowest BCUT2D eigenvalue weighted by Crippen LogP contribution is -2.52. The van der Waals surface area contributed by atoms with Gasteiger partial charge in [-0.3, -0.25) is 9.59 Å². The number of fused-ring (bicyclic) bond motifs is 1. The summed E-state index contributed by atoms with van der Waals surface area (Å²) in [6, 6.07) is 4.64. The molecule has 31 heavy (non-hydrogen) atoms. The second-order valence-electron chi connectivity index (χ2n) is 8.74. The van der Waals surface area contributed by atoms with E-state index < -0.39 is 12.1 Å². The number of nitrogens with zero attached hydrogens (tertiary/aromatic N) is 2. The van der Waals surface area contributed by atoms with E-state index in [9.17, 15) is 18.8 Å². The zero-order chi connectivity index (χ0) is 22.0. The number of halogens is 1. The van der Waals surface area contributed by atoms with E-state index in [1.54, 1.807) is 9.80 Å². The molecule has 1 unspecified atom stereocenters. The molecule has 4 amide bonds. The minimum atomic E-state index is -0.448. The molecule has 3 aliphatic rings. The van der Waals surface area contributed by atoms with Gasteiger partial charge in [-0.1, -0.05) is 12.8 Å². The zero-order valence-corrected chi connectivity index (χ0v) is 17.6. The molecule has 1 aromatic carbocycles. The first-order valence-electron chi connectivity index (χ1n) is 11.1. The van der Waals surface area contributed by atoms with Gasteiger partial charge in [0.1, 0.15) is 11.9 Å². The molecule has 0 aromatic heterocycles. The van der Waals surface area contributed by atoms with Crippen molar-refractivity contribution in [3.05, 3.63) is 30.1 Å². The summed E-state index contributed by atoms with van der Waals surface area (Å²) < 4.78 is 13.0. The highest BCUT2D eigenvalue weighted by molar-refractivity contribution is 5.91. The van der Waals surface area contributed by atoms with Crippen molar-refractivity contribution < 1.29 is 18.8 Å². The van der Waals surface area contributed by atoms with E-state index in [0.29, 0.717) is 37.5 Å². The molecule has 0 bridgehead atoms. The number of nitrogens with two attached hydrogens (primary N) is 1. The quantitative estimate of drug-likeness (QED) is 0.674. The highest BCUT2D eigenvalue weighted by Gasteiger charge is 2.48. The van der Waals surface area contributed by atoms with E-state index in [4.69, 9.17) is 5.73 Å². The second kappa shape index (κ2) is 9.21. The van der Waals surface area contributed by atoms with Crippen molar-refractivity contribution in [1.82, 2.24) is 15.1 Å². The molecular formula is C22H30FN5O3. The van der Waals surface area contributed by atoms with E-state index in [-0.39, 0.29) is 36.3 Å². The van der Waals surface area contributed by atoms with Crippen LogP contribution in [0.5, 0.6) is 0 Å². The van der Waals surface area contributed by atoms with Gasteiger partial charge in [-0.15, -0.1) is 0 Å². The van der Waals surface area contributed by atoms with Crippen LogP contribution in [0.3, 0.4) is 0 Å². The fraction of sp³-hybridized carbons (Fsp3) is 0.591. The van der Waals surface area contributed by atoms with Crippen LogP contribution in [0.25, 0.3) is 0 Å². The summed E-state index contributed by atoms with van der Waals surface area (Å²) in [5.41, 5.74) is 6.14. The number of anilines is 1. The minimum absolute atomic E-state index is 0.0422. The maximum absolute atomic E-state index is 13.3. The molecule has 2 saturated heterocycles. The Kier molecular flexibility index (Phi) is 6.41. The van der Waals surface area contributed by atoms with Crippen LogP contribution in [0.4, 0.5) is 14.9 Å². The first-order chi connectivity index (χ1) is 15.0. The van der Waals surface area contributed by atoms with Crippen molar-refractivity contribution in [3.63, 3.8) is 0 Å². The molecule has 2 aliphatic heterocycles. The molecule has 1 aromatic rings. The molecular weight excluding hydrogens is 401 g/mol. The fourth-order valence-corrected chi connectivity index (χ4v) is 5.32. The topological polar surface area (TPSA) is 108 Å². The smallest absolute Gasteiger partial charge is 0.319 e. The third-order valence-electron chi connectivity index (χ3n) is 6.77. The summed E-state index contributed by atoms with van der Waals surface area (Å²) in [5, 5.41) is 5.55. The molecule has 0 radical (unpaired) electrons. The normalized spacial score (nSPS) is 27.7. The number of hydrogen-bond donors (Lipinski definition) is 3. The lowest BCUT2D eigenvalue weighted by Gasteiger charge is -2.34. The Morgan fingerprint density at radius 1 is 1.10 bits per heavy atom. The average molecular weight is 432 g/mol.